The van der Waals surface area contributed by atoms with E-state index < -0.39 is 0 Å². The zero-order valence-electron chi connectivity index (χ0n) is 15.5. The van der Waals surface area contributed by atoms with Gasteiger partial charge in [0.1, 0.15) is 0 Å². The van der Waals surface area contributed by atoms with Crippen LogP contribution in [0.5, 0.6) is 0 Å². The molecule has 4 nitrogen and oxygen atoms in total. The predicted molar refractivity (Wildman–Crippen MR) is 114 cm³/mol. The molecule has 24 heavy (non-hydrogen) atoms. The molecule has 0 aromatic heterocycles. The minimum absolute atomic E-state index is 0. The van der Waals surface area contributed by atoms with Gasteiger partial charge in [-0.25, -0.2) is 0 Å². The van der Waals surface area contributed by atoms with Crippen molar-refractivity contribution < 1.29 is 0 Å². The lowest BCUT2D eigenvalue weighted by atomic mass is 9.99. The molecule has 136 valence electrons. The Labute approximate surface area is 164 Å². The Morgan fingerprint density at radius 2 is 1.92 bits per heavy atom. The summed E-state index contributed by atoms with van der Waals surface area (Å²) in [5.74, 6) is 1.69. The van der Waals surface area contributed by atoms with Crippen LogP contribution in [-0.2, 0) is 13.1 Å². The number of halogens is 1. The molecule has 2 rings (SSSR count). The molecule has 1 aliphatic rings. The average molecular weight is 444 g/mol. The Bertz CT molecular complexity index is 499. The fourth-order valence-corrected chi connectivity index (χ4v) is 3.10. The maximum absolute atomic E-state index is 4.23. The average Bonchev–Trinajstić information content (AvgIpc) is 2.52. The summed E-state index contributed by atoms with van der Waals surface area (Å²) in [5, 5.41) is 6.65. The second-order valence-electron chi connectivity index (χ2n) is 7.02. The van der Waals surface area contributed by atoms with Gasteiger partial charge in [0, 0.05) is 32.7 Å². The molecule has 0 saturated carbocycles. The molecule has 2 N–H and O–H groups in total. The van der Waals surface area contributed by atoms with Gasteiger partial charge < -0.3 is 10.6 Å². The van der Waals surface area contributed by atoms with E-state index >= 15 is 0 Å². The third-order valence-electron chi connectivity index (χ3n) is 4.28. The summed E-state index contributed by atoms with van der Waals surface area (Å²) in [7, 11) is 1.81. The number of rotatable bonds is 5. The van der Waals surface area contributed by atoms with Crippen LogP contribution in [0.2, 0.25) is 0 Å². The molecule has 1 aliphatic heterocycles. The highest BCUT2D eigenvalue weighted by atomic mass is 127. The molecular formula is C19H33IN4. The van der Waals surface area contributed by atoms with Gasteiger partial charge in [-0.05, 0) is 50.3 Å². The quantitative estimate of drug-likeness (QED) is 0.414. The van der Waals surface area contributed by atoms with Crippen LogP contribution in [0.4, 0.5) is 0 Å². The number of benzene rings is 1. The van der Waals surface area contributed by atoms with Gasteiger partial charge in [0.2, 0.25) is 0 Å². The molecule has 0 bridgehead atoms. The van der Waals surface area contributed by atoms with Gasteiger partial charge in [-0.1, -0.05) is 31.2 Å². The van der Waals surface area contributed by atoms with Crippen LogP contribution in [-0.4, -0.2) is 37.0 Å². The highest BCUT2D eigenvalue weighted by Gasteiger charge is 2.16. The number of aliphatic imine (C=N–C) groups is 1. The van der Waals surface area contributed by atoms with Crippen molar-refractivity contribution in [3.63, 3.8) is 0 Å². The Hall–Kier alpha value is -0.820. The molecule has 1 unspecified atom stereocenters. The van der Waals surface area contributed by atoms with Crippen LogP contribution < -0.4 is 10.6 Å². The lowest BCUT2D eigenvalue weighted by molar-refractivity contribution is 0.176. The molecule has 1 heterocycles. The Kier molecular flexibility index (Phi) is 9.66. The number of piperidine rings is 1. The molecule has 1 saturated heterocycles. The first-order valence-electron chi connectivity index (χ1n) is 8.84. The largest absolute Gasteiger partial charge is 0.354 e. The summed E-state index contributed by atoms with van der Waals surface area (Å²) in [4.78, 5) is 6.81. The Morgan fingerprint density at radius 3 is 2.50 bits per heavy atom. The first kappa shape index (κ1) is 21.2. The number of nitrogens with zero attached hydrogens (tertiary/aromatic N) is 2. The molecule has 0 amide bonds. The van der Waals surface area contributed by atoms with Crippen molar-refractivity contribution in [3.8, 4) is 0 Å². The summed E-state index contributed by atoms with van der Waals surface area (Å²) in [6, 6.07) is 9.34. The van der Waals surface area contributed by atoms with E-state index in [1.807, 2.05) is 0 Å². The molecule has 1 aromatic carbocycles. The maximum atomic E-state index is 4.23. The lowest BCUT2D eigenvalue weighted by Crippen LogP contribution is -2.40. The normalized spacial score (nSPS) is 19.0. The second-order valence-corrected chi connectivity index (χ2v) is 7.02. The van der Waals surface area contributed by atoms with E-state index in [2.05, 4.69) is 65.6 Å². The SMILES string of the molecule is CN=C(NCc1ccc(CN2CCCC(C)C2)cc1)NC(C)C.I. The van der Waals surface area contributed by atoms with Crippen molar-refractivity contribution in [2.75, 3.05) is 20.1 Å². The highest BCUT2D eigenvalue weighted by molar-refractivity contribution is 14.0. The van der Waals surface area contributed by atoms with Crippen LogP contribution in [0, 0.1) is 5.92 Å². The topological polar surface area (TPSA) is 39.7 Å². The second kappa shape index (κ2) is 10.9. The summed E-state index contributed by atoms with van der Waals surface area (Å²) in [6.45, 7) is 10.9. The number of likely N-dealkylation sites (tertiary alicyclic amines) is 1. The number of guanidine groups is 1. The number of nitrogens with one attached hydrogen (secondary N) is 2. The summed E-state index contributed by atoms with van der Waals surface area (Å²) >= 11 is 0. The van der Waals surface area contributed by atoms with Crippen LogP contribution in [0.3, 0.4) is 0 Å². The molecule has 0 radical (unpaired) electrons. The zero-order chi connectivity index (χ0) is 16.7. The summed E-state index contributed by atoms with van der Waals surface area (Å²) in [6.07, 6.45) is 2.72. The van der Waals surface area contributed by atoms with Crippen LogP contribution in [0.25, 0.3) is 0 Å². The molecular weight excluding hydrogens is 411 g/mol. The van der Waals surface area contributed by atoms with E-state index in [1.165, 1.54) is 37.1 Å². The van der Waals surface area contributed by atoms with Crippen LogP contribution >= 0.6 is 24.0 Å². The van der Waals surface area contributed by atoms with E-state index in [1.54, 1.807) is 7.05 Å². The minimum atomic E-state index is 0. The van der Waals surface area contributed by atoms with Gasteiger partial charge in [-0.15, -0.1) is 24.0 Å². The lowest BCUT2D eigenvalue weighted by Gasteiger charge is -2.30. The summed E-state index contributed by atoms with van der Waals surface area (Å²) in [5.41, 5.74) is 2.69. The van der Waals surface area contributed by atoms with Gasteiger partial charge in [0.25, 0.3) is 0 Å². The van der Waals surface area contributed by atoms with E-state index in [-0.39, 0.29) is 24.0 Å². The Balaban J connectivity index is 0.00000288. The standard InChI is InChI=1S/C19H32N4.HI/c1-15(2)22-19(20-4)21-12-17-7-9-18(10-8-17)14-23-11-5-6-16(3)13-23;/h7-10,15-16H,5-6,11-14H2,1-4H3,(H2,20,21,22);1H. The van der Waals surface area contributed by atoms with E-state index in [4.69, 9.17) is 0 Å². The molecule has 0 aliphatic carbocycles. The van der Waals surface area contributed by atoms with E-state index in [0.717, 1.165) is 25.0 Å². The molecule has 1 aromatic rings. The van der Waals surface area contributed by atoms with Gasteiger partial charge >= 0.3 is 0 Å². The van der Waals surface area contributed by atoms with Crippen molar-refractivity contribution >= 4 is 29.9 Å². The van der Waals surface area contributed by atoms with Crippen molar-refractivity contribution in [1.82, 2.24) is 15.5 Å². The fraction of sp³-hybridized carbons (Fsp3) is 0.632. The van der Waals surface area contributed by atoms with E-state index in [0.29, 0.717) is 6.04 Å². The highest BCUT2D eigenvalue weighted by Crippen LogP contribution is 2.18. The van der Waals surface area contributed by atoms with Crippen molar-refractivity contribution in [2.24, 2.45) is 10.9 Å². The monoisotopic (exact) mass is 444 g/mol. The number of hydrogen-bond acceptors (Lipinski definition) is 2. The van der Waals surface area contributed by atoms with Crippen LogP contribution in [0.15, 0.2) is 29.3 Å². The van der Waals surface area contributed by atoms with Gasteiger partial charge in [-0.3, -0.25) is 9.89 Å². The third-order valence-corrected chi connectivity index (χ3v) is 4.28. The maximum Gasteiger partial charge on any atom is 0.191 e. The Morgan fingerprint density at radius 1 is 1.25 bits per heavy atom. The fourth-order valence-electron chi connectivity index (χ4n) is 3.10. The first-order valence-corrected chi connectivity index (χ1v) is 8.84. The van der Waals surface area contributed by atoms with Crippen molar-refractivity contribution in [2.45, 2.75) is 52.7 Å². The molecule has 5 heteroatoms. The minimum Gasteiger partial charge on any atom is -0.354 e. The predicted octanol–water partition coefficient (Wildman–Crippen LogP) is 3.61. The smallest absolute Gasteiger partial charge is 0.191 e. The van der Waals surface area contributed by atoms with Gasteiger partial charge in [0.15, 0.2) is 5.96 Å². The van der Waals surface area contributed by atoms with Gasteiger partial charge in [-0.2, -0.15) is 0 Å². The van der Waals surface area contributed by atoms with Crippen molar-refractivity contribution in [3.05, 3.63) is 35.4 Å². The zero-order valence-corrected chi connectivity index (χ0v) is 17.8. The van der Waals surface area contributed by atoms with E-state index in [9.17, 15) is 0 Å². The molecule has 0 spiro atoms. The third kappa shape index (κ3) is 7.38. The number of hydrogen-bond donors (Lipinski definition) is 2. The van der Waals surface area contributed by atoms with Crippen molar-refractivity contribution in [1.29, 1.82) is 0 Å². The first-order chi connectivity index (χ1) is 11.1. The van der Waals surface area contributed by atoms with Crippen LogP contribution in [0.1, 0.15) is 44.7 Å². The van der Waals surface area contributed by atoms with Gasteiger partial charge in [0.05, 0.1) is 0 Å². The molecule has 1 atom stereocenters. The molecule has 1 fully saturated rings. The summed E-state index contributed by atoms with van der Waals surface area (Å²) < 4.78 is 0.